The standard InChI is InChI=1S/C99H144N8O24/c1-65-19-15-14-16-20-66(2)86(118-11)61-78-28-22-72(8)99(117,131-78)94(112)95(113)106-34-18-17-21-82(106)96(114)129-87(62-84(108)68(4)56-71(7)92(111)93(120-13)91(110)70(6)55-65)69(5)57-74-24-31-85(88(59-74)119-12)130-97(115)100-33-40-122-42-44-124-46-48-126-50-52-128-54-53-127-51-49-125-47-45-123-43-41-121-39-32-89(109)105-37-35-104(36-38-105)81-30-27-77(58-67(81)3)107-90-79-60-75(76-25-23-73(9)101-63-76)26-29-80(79)102-64-83(90)103(10)98(107)116/h14-16,19-20,23,25-27,29-30,56,58,60,63-65,68-70,72,74,78,82,84-88,92-93,108,111,117H,17-18,21-22,24,28,31-55,57,59,61-62H2,1-13H3,(H,100,115)/b16-14?,19-15+,66-20?,71-56+/t65-,68-,69-,70-,72-,74+,78+,82+,84-,85-,86+,87+,88-,92-,93+,99-/m1/s1. The van der Waals surface area contributed by atoms with Gasteiger partial charge in [0.25, 0.3) is 11.7 Å². The number of fused-ring (bicyclic) bond motifs is 6. The molecule has 32 heteroatoms. The third kappa shape index (κ3) is 30.0. The van der Waals surface area contributed by atoms with E-state index in [0.717, 1.165) is 61.3 Å². The van der Waals surface area contributed by atoms with Gasteiger partial charge in [-0.05, 0) is 168 Å². The number of aromatic nitrogens is 4. The predicted molar refractivity (Wildman–Crippen MR) is 495 cm³/mol. The van der Waals surface area contributed by atoms with E-state index < -0.39 is 102 Å². The summed E-state index contributed by atoms with van der Waals surface area (Å²) in [5.41, 5.74) is 9.24. The number of ether oxygens (including phenoxy) is 14. The van der Waals surface area contributed by atoms with Crippen LogP contribution in [-0.4, -0.2) is 307 Å². The number of pyridine rings is 2. The second-order valence-corrected chi connectivity index (χ2v) is 35.7. The van der Waals surface area contributed by atoms with Gasteiger partial charge >= 0.3 is 17.8 Å². The molecule has 0 unspecified atom stereocenters. The van der Waals surface area contributed by atoms with E-state index in [1.807, 2.05) is 100 Å². The van der Waals surface area contributed by atoms with E-state index in [0.29, 0.717) is 195 Å². The number of hydrogen-bond donors (Lipinski definition) is 4. The number of amides is 3. The number of methoxy groups -OCH3 is 3. The quantitative estimate of drug-likeness (QED) is 0.0124. The minimum Gasteiger partial charge on any atom is -0.460 e. The highest BCUT2D eigenvalue weighted by Crippen LogP contribution is 2.40. The summed E-state index contributed by atoms with van der Waals surface area (Å²) < 4.78 is 84.7. The van der Waals surface area contributed by atoms with Crippen LogP contribution in [0.2, 0.25) is 0 Å². The highest BCUT2D eigenvalue weighted by molar-refractivity contribution is 6.39. The Labute approximate surface area is 771 Å². The number of carbonyl (C=O) groups is 6. The fourth-order valence-electron chi connectivity index (χ4n) is 18.1. The zero-order valence-electron chi connectivity index (χ0n) is 79.2. The van der Waals surface area contributed by atoms with Crippen molar-refractivity contribution < 1.29 is 110 Å². The number of anilines is 1. The number of imidazole rings is 1. The minimum atomic E-state index is -2.47. The number of piperidine rings is 1. The molecule has 1 saturated carbocycles. The van der Waals surface area contributed by atoms with Gasteiger partial charge in [0.05, 0.1) is 165 Å². The zero-order chi connectivity index (χ0) is 94.1. The number of ketones is 2. The van der Waals surface area contributed by atoms with Gasteiger partial charge in [-0.25, -0.2) is 14.4 Å². The summed E-state index contributed by atoms with van der Waals surface area (Å²) in [5, 5.41) is 39.6. The number of alkyl carbamates (subject to hydrolysis) is 1. The van der Waals surface area contributed by atoms with Gasteiger partial charge in [-0.2, -0.15) is 0 Å². The Kier molecular flexibility index (Phi) is 42.2. The molecule has 1 aliphatic carbocycles. The second kappa shape index (κ2) is 52.9. The van der Waals surface area contributed by atoms with Crippen LogP contribution in [0.25, 0.3) is 38.8 Å². The molecule has 0 spiro atoms. The van der Waals surface area contributed by atoms with Crippen molar-refractivity contribution >= 4 is 63.1 Å². The number of nitrogens with one attached hydrogen (secondary N) is 1. The molecule has 0 radical (unpaired) electrons. The summed E-state index contributed by atoms with van der Waals surface area (Å²) in [6, 6.07) is 15.1. The third-order valence-corrected chi connectivity index (χ3v) is 26.0. The number of carbonyl (C=O) groups excluding carboxylic acids is 6. The van der Waals surface area contributed by atoms with E-state index in [-0.39, 0.29) is 74.1 Å². The van der Waals surface area contributed by atoms with Gasteiger partial charge in [0.15, 0.2) is 5.78 Å². The summed E-state index contributed by atoms with van der Waals surface area (Å²) in [7, 11) is 6.30. The molecule has 4 N–H and O–H groups in total. The highest BCUT2D eigenvalue weighted by Gasteiger charge is 2.53. The van der Waals surface area contributed by atoms with Crippen molar-refractivity contribution in [1.29, 1.82) is 0 Å². The van der Waals surface area contributed by atoms with Gasteiger partial charge in [-0.15, -0.1) is 0 Å². The van der Waals surface area contributed by atoms with E-state index in [1.54, 1.807) is 63.4 Å². The highest BCUT2D eigenvalue weighted by atomic mass is 16.6. The molecule has 10 rings (SSSR count). The SMILES string of the molecule is CO[C@H]1C[C@@H]2CC[C@@H](C)[C@@](O)(O2)C(=O)C(=O)N2CCCC[C@H]2C(=O)O[C@H]([C@H](C)C[C@@H]2CC[C@@H](OC(=O)NCCOCCOCCOCCOCCOCCOCCOCCOCCC(=O)N3CCN(c4ccc(-n5c(=O)n(C)c6cnc7ccc(-c8ccc(C)nc8)cc7c65)cc4C)CC3)[C@H](OC)C2)C[C@@H](O)[C@H](C)/C=C(\C)[C@@H](O)[C@@H](OC)C(=O)[C@H](C)C[C@H](C)/C=C/C=CC=C1C. The maximum absolute atomic E-state index is 14.8. The Morgan fingerprint density at radius 2 is 1.29 bits per heavy atom. The Balaban J connectivity index is 0.549. The van der Waals surface area contributed by atoms with Crippen LogP contribution in [0.1, 0.15) is 143 Å². The number of piperazine rings is 1. The molecule has 3 aromatic heterocycles. The lowest BCUT2D eigenvalue weighted by molar-refractivity contribution is -0.265. The molecule has 4 aliphatic heterocycles. The van der Waals surface area contributed by atoms with Gasteiger partial charge in [-0.1, -0.05) is 83.2 Å². The number of Topliss-reactive ketones (excluding diaryl/α,β-unsaturated/α-hetero) is 2. The van der Waals surface area contributed by atoms with E-state index in [2.05, 4.69) is 46.4 Å². The summed E-state index contributed by atoms with van der Waals surface area (Å²) in [6.07, 6.45) is 12.9. The van der Waals surface area contributed by atoms with Crippen molar-refractivity contribution in [3.63, 3.8) is 0 Å². The first-order valence-corrected chi connectivity index (χ1v) is 46.9. The molecule has 5 aliphatic rings. The monoisotopic (exact) mass is 1830 g/mol. The Bertz CT molecular complexity index is 4660. The first-order valence-electron chi connectivity index (χ1n) is 46.9. The number of hydrogen-bond acceptors (Lipinski definition) is 27. The van der Waals surface area contributed by atoms with E-state index in [4.69, 9.17) is 71.3 Å². The van der Waals surface area contributed by atoms with E-state index >= 15 is 0 Å². The molecule has 16 atom stereocenters. The van der Waals surface area contributed by atoms with Gasteiger partial charge < -0.3 is 102 Å². The lowest BCUT2D eigenvalue weighted by atomic mass is 9.78. The van der Waals surface area contributed by atoms with Crippen molar-refractivity contribution in [2.45, 2.75) is 206 Å². The summed E-state index contributed by atoms with van der Waals surface area (Å²) >= 11 is 0. The van der Waals surface area contributed by atoms with Crippen molar-refractivity contribution in [1.82, 2.24) is 34.2 Å². The Morgan fingerprint density at radius 1 is 0.641 bits per heavy atom. The molecule has 2 aromatic carbocycles. The fourth-order valence-corrected chi connectivity index (χ4v) is 18.1. The largest absolute Gasteiger partial charge is 0.460 e. The maximum Gasteiger partial charge on any atom is 0.407 e. The number of benzene rings is 2. The van der Waals surface area contributed by atoms with Crippen molar-refractivity contribution in [3.05, 3.63) is 130 Å². The van der Waals surface area contributed by atoms with E-state index in [9.17, 15) is 48.9 Å². The molecule has 2 bridgehead atoms. The van der Waals surface area contributed by atoms with Gasteiger partial charge in [0.2, 0.25) is 11.7 Å². The van der Waals surface area contributed by atoms with E-state index in [1.165, 1.54) is 12.0 Å². The van der Waals surface area contributed by atoms with Gasteiger partial charge in [-0.3, -0.25) is 38.3 Å². The van der Waals surface area contributed by atoms with Crippen molar-refractivity contribution in [3.8, 4) is 16.8 Å². The number of aliphatic hydroxyl groups is 3. The maximum atomic E-state index is 14.8. The topological polar surface area (TPSA) is 367 Å². The number of cyclic esters (lactones) is 1. The average molecular weight is 1830 g/mol. The van der Waals surface area contributed by atoms with Gasteiger partial charge in [0, 0.05) is 127 Å². The third-order valence-electron chi connectivity index (χ3n) is 26.0. The molecule has 131 heavy (non-hydrogen) atoms. The minimum absolute atomic E-state index is 0.00469. The molecular formula is C99H144N8O24. The zero-order valence-corrected chi connectivity index (χ0v) is 79.2. The first-order chi connectivity index (χ1) is 63.1. The smallest absolute Gasteiger partial charge is 0.407 e. The van der Waals surface area contributed by atoms with Crippen molar-refractivity contribution in [2.24, 2.45) is 42.6 Å². The average Bonchev–Trinajstić information content (AvgIpc) is 1.59. The Morgan fingerprint density at radius 3 is 1.92 bits per heavy atom. The summed E-state index contributed by atoms with van der Waals surface area (Å²) in [5.74, 6) is -7.86. The fraction of sp³-hybridized carbons (Fsp3) is 0.646. The molecule has 724 valence electrons. The van der Waals surface area contributed by atoms with Crippen LogP contribution in [0.15, 0.2) is 113 Å². The number of esters is 1. The van der Waals surface area contributed by atoms with Crippen LogP contribution in [0.4, 0.5) is 10.5 Å². The summed E-state index contributed by atoms with van der Waals surface area (Å²) in [6.45, 7) is 25.5. The predicted octanol–water partition coefficient (Wildman–Crippen LogP) is 10.4. The first kappa shape index (κ1) is 105. The molecule has 4 fully saturated rings. The number of nitrogens with zero attached hydrogens (tertiary/aromatic N) is 7. The summed E-state index contributed by atoms with van der Waals surface area (Å²) in [4.78, 5) is 113. The number of allylic oxidation sites excluding steroid dienone is 5. The molecule has 3 amide bonds. The van der Waals surface area contributed by atoms with Crippen LogP contribution in [0.5, 0.6) is 0 Å². The number of aryl methyl sites for hydroxylation is 3. The lowest BCUT2D eigenvalue weighted by Crippen LogP contribution is -2.61. The molecule has 7 heterocycles. The van der Waals surface area contributed by atoms with Crippen molar-refractivity contribution in [2.75, 3.05) is 171 Å². The Hall–Kier alpha value is -8.55. The van der Waals surface area contributed by atoms with Crippen LogP contribution in [0.3, 0.4) is 0 Å². The molecule has 32 nitrogen and oxygen atoms in total. The lowest BCUT2D eigenvalue weighted by Gasteiger charge is -2.43. The van der Waals surface area contributed by atoms with Crippen LogP contribution in [0, 0.1) is 49.4 Å². The van der Waals surface area contributed by atoms with Crippen LogP contribution < -0.4 is 15.9 Å². The molecular weight excluding hydrogens is 1690 g/mol. The normalized spacial score (nSPS) is 26.6. The number of rotatable bonds is 37. The van der Waals surface area contributed by atoms with Crippen LogP contribution >= 0.6 is 0 Å². The second-order valence-electron chi connectivity index (χ2n) is 35.7. The molecule has 5 aromatic rings. The number of aliphatic hydroxyl groups excluding tert-OH is 2. The molecule has 3 saturated heterocycles. The van der Waals surface area contributed by atoms with Crippen LogP contribution in [-0.2, 0) is 97.3 Å². The van der Waals surface area contributed by atoms with Gasteiger partial charge in [0.1, 0.15) is 30.5 Å².